The molecule has 2 saturated carbocycles. The van der Waals surface area contributed by atoms with E-state index in [0.717, 1.165) is 0 Å². The van der Waals surface area contributed by atoms with Crippen LogP contribution in [0.3, 0.4) is 0 Å². The predicted octanol–water partition coefficient (Wildman–Crippen LogP) is 13.5. The maximum absolute atomic E-state index is 13.8. The normalized spacial score (nSPS) is 18.6. The van der Waals surface area contributed by atoms with Crippen LogP contribution in [0.25, 0.3) is 21.9 Å². The van der Waals surface area contributed by atoms with Crippen molar-refractivity contribution in [3.8, 4) is 0 Å². The average Bonchev–Trinajstić information content (AvgIpc) is 3.18. The molecule has 0 aliphatic heterocycles. The summed E-state index contributed by atoms with van der Waals surface area (Å²) in [6, 6.07) is 37.9. The lowest BCUT2D eigenvalue weighted by Crippen LogP contribution is -2.37. The Morgan fingerprint density at radius 1 is 0.500 bits per heavy atom. The highest BCUT2D eigenvalue weighted by Crippen LogP contribution is 2.52. The lowest BCUT2D eigenvalue weighted by Gasteiger charge is -2.44. The molecule has 3 nitrogen and oxygen atoms in total. The van der Waals surface area contributed by atoms with Gasteiger partial charge in [0, 0.05) is 27.9 Å². The van der Waals surface area contributed by atoms with Crippen molar-refractivity contribution in [2.45, 2.75) is 115 Å². The average molecular weight is 686 g/mol. The minimum absolute atomic E-state index is 0.0379. The number of para-hydroxylation sites is 1. The summed E-state index contributed by atoms with van der Waals surface area (Å²) in [7, 11) is 0. The molecule has 0 radical (unpaired) electrons. The molecule has 0 saturated heterocycles. The van der Waals surface area contributed by atoms with Crippen molar-refractivity contribution in [3.05, 3.63) is 147 Å². The second kappa shape index (κ2) is 12.8. The number of hydrogen-bond donors (Lipinski definition) is 0. The first kappa shape index (κ1) is 33.2. The Hall–Kier alpha value is -4.63. The molecule has 3 heteroatoms. The molecule has 3 aliphatic rings. The third kappa shape index (κ3) is 5.51. The van der Waals surface area contributed by atoms with Crippen LogP contribution in [0.2, 0.25) is 0 Å². The van der Waals surface area contributed by atoms with Crippen molar-refractivity contribution in [1.29, 1.82) is 0 Å². The molecule has 9 rings (SSSR count). The van der Waals surface area contributed by atoms with Crippen LogP contribution in [0, 0.1) is 0 Å². The van der Waals surface area contributed by atoms with Gasteiger partial charge in [-0.2, -0.15) is 0 Å². The summed E-state index contributed by atoms with van der Waals surface area (Å²) in [6.45, 7) is 9.30. The van der Waals surface area contributed by atoms with Crippen LogP contribution in [0.5, 0.6) is 0 Å². The minimum atomic E-state index is -0.325. The minimum Gasteiger partial charge on any atom is -0.456 e. The summed E-state index contributed by atoms with van der Waals surface area (Å²) in [5.41, 5.74) is 12.3. The van der Waals surface area contributed by atoms with Gasteiger partial charge < -0.3 is 9.32 Å². The summed E-state index contributed by atoms with van der Waals surface area (Å²) in [6.07, 6.45) is 13.2. The molecular weight excluding hydrogens is 635 g/mol. The number of fused-ring (bicyclic) bond motifs is 4. The lowest BCUT2D eigenvalue weighted by atomic mass is 9.60. The van der Waals surface area contributed by atoms with Crippen LogP contribution in [-0.2, 0) is 10.8 Å². The summed E-state index contributed by atoms with van der Waals surface area (Å²) in [4.78, 5) is 16.3. The van der Waals surface area contributed by atoms with Gasteiger partial charge in [-0.3, -0.25) is 4.79 Å². The first-order chi connectivity index (χ1) is 25.2. The molecule has 0 amide bonds. The van der Waals surface area contributed by atoms with Crippen LogP contribution in [0.15, 0.2) is 112 Å². The topological polar surface area (TPSA) is 33.5 Å². The van der Waals surface area contributed by atoms with Gasteiger partial charge in [0.25, 0.3) is 0 Å². The second-order valence-electron chi connectivity index (χ2n) is 17.0. The van der Waals surface area contributed by atoms with Crippen LogP contribution >= 0.6 is 0 Å². The van der Waals surface area contributed by atoms with Crippen molar-refractivity contribution in [2.75, 3.05) is 4.90 Å². The summed E-state index contributed by atoms with van der Waals surface area (Å²) in [5.74, 6) is 1.27. The van der Waals surface area contributed by atoms with Gasteiger partial charge >= 0.3 is 0 Å². The fourth-order valence-corrected chi connectivity index (χ4v) is 10.1. The van der Waals surface area contributed by atoms with E-state index in [1.807, 2.05) is 24.3 Å². The molecule has 2 fully saturated rings. The fraction of sp³-hybridized carbons (Fsp3) is 0.367. The van der Waals surface area contributed by atoms with E-state index in [-0.39, 0.29) is 16.3 Å². The molecule has 1 heterocycles. The Bertz CT molecular complexity index is 2300. The molecule has 0 unspecified atom stereocenters. The molecular formula is C49H51NO2. The van der Waals surface area contributed by atoms with E-state index >= 15 is 0 Å². The molecule has 0 bridgehead atoms. The summed E-state index contributed by atoms with van der Waals surface area (Å²) < 4.78 is 6.43. The van der Waals surface area contributed by atoms with E-state index in [0.29, 0.717) is 33.8 Å². The van der Waals surface area contributed by atoms with Crippen molar-refractivity contribution in [3.63, 3.8) is 0 Å². The van der Waals surface area contributed by atoms with Gasteiger partial charge in [0.05, 0.1) is 10.8 Å². The monoisotopic (exact) mass is 685 g/mol. The standard InChI is InChI=1S/C49H51NO2/c1-48(2)41-26-25-38(29-42(41)49(3,4)44-31-46-40(30-43(44)48)47(51)39-23-11-12-24-45(39)52-46)50(36-21-13-19-34(27-36)32-15-7-5-8-16-32)37-22-14-20-35(28-37)33-17-9-6-10-18-33/h11-14,19-33H,5-10,15-18H2,1-4H3. The highest BCUT2D eigenvalue weighted by molar-refractivity contribution is 5.91. The maximum Gasteiger partial charge on any atom is 0.200 e. The van der Waals surface area contributed by atoms with Gasteiger partial charge in [-0.05, 0) is 132 Å². The summed E-state index contributed by atoms with van der Waals surface area (Å²) >= 11 is 0. The predicted molar refractivity (Wildman–Crippen MR) is 217 cm³/mol. The first-order valence-corrected chi connectivity index (χ1v) is 19.9. The van der Waals surface area contributed by atoms with E-state index in [9.17, 15) is 4.79 Å². The van der Waals surface area contributed by atoms with Gasteiger partial charge in [0.2, 0.25) is 5.43 Å². The van der Waals surface area contributed by atoms with Gasteiger partial charge in [-0.25, -0.2) is 0 Å². The van der Waals surface area contributed by atoms with Gasteiger partial charge in [0.1, 0.15) is 11.2 Å². The molecule has 52 heavy (non-hydrogen) atoms. The van der Waals surface area contributed by atoms with Gasteiger partial charge in [-0.1, -0.05) is 109 Å². The van der Waals surface area contributed by atoms with E-state index in [1.54, 1.807) is 0 Å². The van der Waals surface area contributed by atoms with Gasteiger partial charge in [-0.15, -0.1) is 0 Å². The molecule has 264 valence electrons. The van der Waals surface area contributed by atoms with E-state index in [1.165, 1.54) is 115 Å². The second-order valence-corrected chi connectivity index (χ2v) is 17.0. The quantitative estimate of drug-likeness (QED) is 0.169. The fourth-order valence-electron chi connectivity index (χ4n) is 10.1. The molecule has 5 aromatic carbocycles. The third-order valence-corrected chi connectivity index (χ3v) is 13.1. The summed E-state index contributed by atoms with van der Waals surface area (Å²) in [5, 5.41) is 1.29. The Morgan fingerprint density at radius 3 is 1.67 bits per heavy atom. The molecule has 0 spiro atoms. The highest BCUT2D eigenvalue weighted by Gasteiger charge is 2.42. The SMILES string of the molecule is CC1(C)c2cc(N(c3cccc(C4CCCCC4)c3)c3cccc(C4CCCCC4)c3)ccc2C(C)(C)c2cc3c(=O)c4ccccc4oc3cc21. The number of hydrogen-bond acceptors (Lipinski definition) is 3. The zero-order chi connectivity index (χ0) is 35.6. The number of benzene rings is 5. The number of rotatable bonds is 5. The Balaban J connectivity index is 1.21. The third-order valence-electron chi connectivity index (χ3n) is 13.1. The number of anilines is 3. The lowest BCUT2D eigenvalue weighted by molar-refractivity contribution is 0.443. The largest absolute Gasteiger partial charge is 0.456 e. The zero-order valence-corrected chi connectivity index (χ0v) is 31.3. The number of nitrogens with zero attached hydrogens (tertiary/aromatic N) is 1. The van der Waals surface area contributed by atoms with E-state index in [4.69, 9.17) is 4.42 Å². The molecule has 0 N–H and O–H groups in total. The van der Waals surface area contributed by atoms with Crippen molar-refractivity contribution in [1.82, 2.24) is 0 Å². The zero-order valence-electron chi connectivity index (χ0n) is 31.3. The van der Waals surface area contributed by atoms with E-state index < -0.39 is 0 Å². The van der Waals surface area contributed by atoms with E-state index in [2.05, 4.69) is 111 Å². The molecule has 0 atom stereocenters. The Kier molecular flexibility index (Phi) is 8.17. The first-order valence-electron chi connectivity index (χ1n) is 19.9. The highest BCUT2D eigenvalue weighted by atomic mass is 16.3. The van der Waals surface area contributed by atoms with Crippen molar-refractivity contribution < 1.29 is 4.42 Å². The molecule has 1 aromatic heterocycles. The van der Waals surface area contributed by atoms with Crippen LogP contribution in [-0.4, -0.2) is 0 Å². The van der Waals surface area contributed by atoms with Crippen molar-refractivity contribution >= 4 is 39.0 Å². The van der Waals surface area contributed by atoms with Crippen LogP contribution in [0.1, 0.15) is 137 Å². The van der Waals surface area contributed by atoms with Crippen LogP contribution < -0.4 is 10.3 Å². The molecule has 3 aliphatic carbocycles. The Labute approximate surface area is 308 Å². The molecule has 6 aromatic rings. The Morgan fingerprint density at radius 2 is 1.04 bits per heavy atom. The van der Waals surface area contributed by atoms with Gasteiger partial charge in [0.15, 0.2) is 0 Å². The smallest absolute Gasteiger partial charge is 0.200 e. The van der Waals surface area contributed by atoms with Crippen LogP contribution in [0.4, 0.5) is 17.1 Å². The maximum atomic E-state index is 13.8. The van der Waals surface area contributed by atoms with Crippen molar-refractivity contribution in [2.24, 2.45) is 0 Å².